The number of carbonyl (C=O) groups excluding carboxylic acids is 1. The number of halogens is 1. The molecule has 0 radical (unpaired) electrons. The van der Waals surface area contributed by atoms with Crippen LogP contribution in [0.25, 0.3) is 0 Å². The Morgan fingerprint density at radius 1 is 1.18 bits per heavy atom. The minimum atomic E-state index is -0.438. The molecule has 2 aromatic rings. The highest BCUT2D eigenvalue weighted by atomic mass is 35.5. The van der Waals surface area contributed by atoms with Gasteiger partial charge in [-0.05, 0) is 17.7 Å². The standard InChI is InChI=1S/C16H16ClNO4/c1-21-12-7-13(19)15(14(8-12)22-2)16(20)18-9-10-3-5-11(17)6-4-10/h3-8,19H,9H2,1-2H3,(H,18,20). The first-order valence-electron chi connectivity index (χ1n) is 6.52. The molecule has 0 unspecified atom stereocenters. The van der Waals surface area contributed by atoms with Gasteiger partial charge in [0.25, 0.3) is 5.91 Å². The molecule has 22 heavy (non-hydrogen) atoms. The summed E-state index contributed by atoms with van der Waals surface area (Å²) in [5.41, 5.74) is 0.960. The minimum absolute atomic E-state index is 0.0669. The van der Waals surface area contributed by atoms with Crippen molar-refractivity contribution < 1.29 is 19.4 Å². The number of rotatable bonds is 5. The van der Waals surface area contributed by atoms with Crippen LogP contribution in [0.3, 0.4) is 0 Å². The Labute approximate surface area is 133 Å². The third-order valence-corrected chi connectivity index (χ3v) is 3.36. The van der Waals surface area contributed by atoms with Gasteiger partial charge in [-0.3, -0.25) is 4.79 Å². The number of methoxy groups -OCH3 is 2. The number of hydrogen-bond donors (Lipinski definition) is 2. The molecule has 0 heterocycles. The number of amides is 1. The summed E-state index contributed by atoms with van der Waals surface area (Å²) in [5.74, 6) is 0.00539. The molecule has 0 fully saturated rings. The van der Waals surface area contributed by atoms with Gasteiger partial charge in [0.1, 0.15) is 22.8 Å². The SMILES string of the molecule is COc1cc(O)c(C(=O)NCc2ccc(Cl)cc2)c(OC)c1. The molecule has 0 aliphatic heterocycles. The maximum absolute atomic E-state index is 12.3. The number of benzene rings is 2. The lowest BCUT2D eigenvalue weighted by atomic mass is 10.1. The van der Waals surface area contributed by atoms with Crippen molar-refractivity contribution in [2.45, 2.75) is 6.54 Å². The summed E-state index contributed by atoms with van der Waals surface area (Å²) >= 11 is 5.81. The monoisotopic (exact) mass is 321 g/mol. The van der Waals surface area contributed by atoms with E-state index in [4.69, 9.17) is 21.1 Å². The fourth-order valence-corrected chi connectivity index (χ4v) is 2.08. The van der Waals surface area contributed by atoms with Gasteiger partial charge in [-0.15, -0.1) is 0 Å². The van der Waals surface area contributed by atoms with E-state index in [1.165, 1.54) is 26.4 Å². The molecule has 0 saturated carbocycles. The third kappa shape index (κ3) is 3.62. The summed E-state index contributed by atoms with van der Waals surface area (Å²) in [7, 11) is 2.89. The van der Waals surface area contributed by atoms with E-state index >= 15 is 0 Å². The van der Waals surface area contributed by atoms with Crippen molar-refractivity contribution in [2.24, 2.45) is 0 Å². The zero-order chi connectivity index (χ0) is 16.1. The molecule has 0 bridgehead atoms. The molecule has 2 aromatic carbocycles. The molecule has 2 rings (SSSR count). The van der Waals surface area contributed by atoms with E-state index < -0.39 is 5.91 Å². The second-order valence-corrected chi connectivity index (χ2v) is 4.97. The zero-order valence-electron chi connectivity index (χ0n) is 12.2. The van der Waals surface area contributed by atoms with Gasteiger partial charge in [-0.1, -0.05) is 23.7 Å². The summed E-state index contributed by atoms with van der Waals surface area (Å²) in [4.78, 5) is 12.3. The molecule has 0 aliphatic carbocycles. The Hall–Kier alpha value is -2.40. The lowest BCUT2D eigenvalue weighted by Crippen LogP contribution is -2.23. The fraction of sp³-hybridized carbons (Fsp3) is 0.188. The topological polar surface area (TPSA) is 67.8 Å². The highest BCUT2D eigenvalue weighted by Gasteiger charge is 2.19. The van der Waals surface area contributed by atoms with E-state index in [1.54, 1.807) is 12.1 Å². The van der Waals surface area contributed by atoms with Gasteiger partial charge in [0.2, 0.25) is 0 Å². The highest BCUT2D eigenvalue weighted by Crippen LogP contribution is 2.33. The van der Waals surface area contributed by atoms with Crippen LogP contribution in [0.1, 0.15) is 15.9 Å². The van der Waals surface area contributed by atoms with E-state index in [1.807, 2.05) is 12.1 Å². The number of nitrogens with one attached hydrogen (secondary N) is 1. The largest absolute Gasteiger partial charge is 0.507 e. The van der Waals surface area contributed by atoms with Crippen LogP contribution in [0.4, 0.5) is 0 Å². The van der Waals surface area contributed by atoms with Crippen LogP contribution in [0, 0.1) is 0 Å². The van der Waals surface area contributed by atoms with Crippen molar-refractivity contribution in [1.82, 2.24) is 5.32 Å². The average Bonchev–Trinajstić information content (AvgIpc) is 2.53. The Balaban J connectivity index is 2.17. The maximum Gasteiger partial charge on any atom is 0.259 e. The summed E-state index contributed by atoms with van der Waals surface area (Å²) in [6, 6.07) is 10.0. The van der Waals surface area contributed by atoms with Crippen LogP contribution in [0.2, 0.25) is 5.02 Å². The van der Waals surface area contributed by atoms with Crippen LogP contribution in [-0.2, 0) is 6.54 Å². The summed E-state index contributed by atoms with van der Waals surface area (Å²) < 4.78 is 10.2. The molecule has 6 heteroatoms. The molecule has 0 atom stereocenters. The number of phenols is 1. The van der Waals surface area contributed by atoms with Crippen molar-refractivity contribution in [2.75, 3.05) is 14.2 Å². The molecule has 5 nitrogen and oxygen atoms in total. The van der Waals surface area contributed by atoms with Crippen molar-refractivity contribution in [1.29, 1.82) is 0 Å². The summed E-state index contributed by atoms with van der Waals surface area (Å²) in [6.45, 7) is 0.310. The first-order chi connectivity index (χ1) is 10.5. The van der Waals surface area contributed by atoms with Crippen molar-refractivity contribution >= 4 is 17.5 Å². The molecular formula is C16H16ClNO4. The lowest BCUT2D eigenvalue weighted by molar-refractivity contribution is 0.0945. The van der Waals surface area contributed by atoms with E-state index in [-0.39, 0.29) is 17.1 Å². The fourth-order valence-electron chi connectivity index (χ4n) is 1.96. The molecule has 0 aliphatic rings. The van der Waals surface area contributed by atoms with Crippen molar-refractivity contribution in [3.05, 3.63) is 52.5 Å². The Kier molecular flexibility index (Phi) is 5.12. The molecular weight excluding hydrogens is 306 g/mol. The van der Waals surface area contributed by atoms with Crippen LogP contribution in [-0.4, -0.2) is 25.2 Å². The summed E-state index contributed by atoms with van der Waals surface area (Å²) in [5, 5.41) is 13.4. The number of ether oxygens (including phenoxy) is 2. The van der Waals surface area contributed by atoms with Crippen LogP contribution in [0.5, 0.6) is 17.2 Å². The predicted molar refractivity (Wildman–Crippen MR) is 83.8 cm³/mol. The molecule has 0 spiro atoms. The normalized spacial score (nSPS) is 10.1. The number of carbonyl (C=O) groups is 1. The zero-order valence-corrected chi connectivity index (χ0v) is 13.0. The van der Waals surface area contributed by atoms with Crippen LogP contribution < -0.4 is 14.8 Å². The smallest absolute Gasteiger partial charge is 0.259 e. The van der Waals surface area contributed by atoms with Crippen molar-refractivity contribution in [3.63, 3.8) is 0 Å². The Morgan fingerprint density at radius 2 is 1.86 bits per heavy atom. The van der Waals surface area contributed by atoms with Gasteiger partial charge in [0, 0.05) is 23.7 Å². The van der Waals surface area contributed by atoms with Gasteiger partial charge in [0.15, 0.2) is 0 Å². The third-order valence-electron chi connectivity index (χ3n) is 3.10. The van der Waals surface area contributed by atoms with E-state index in [9.17, 15) is 9.90 Å². The Morgan fingerprint density at radius 3 is 2.45 bits per heavy atom. The first kappa shape index (κ1) is 16.0. The van der Waals surface area contributed by atoms with E-state index in [2.05, 4.69) is 5.32 Å². The molecule has 0 aromatic heterocycles. The number of hydrogen-bond acceptors (Lipinski definition) is 4. The van der Waals surface area contributed by atoms with Crippen LogP contribution in [0.15, 0.2) is 36.4 Å². The van der Waals surface area contributed by atoms with Gasteiger partial charge in [-0.25, -0.2) is 0 Å². The van der Waals surface area contributed by atoms with Gasteiger partial charge in [0.05, 0.1) is 14.2 Å². The minimum Gasteiger partial charge on any atom is -0.507 e. The second-order valence-electron chi connectivity index (χ2n) is 4.53. The lowest BCUT2D eigenvalue weighted by Gasteiger charge is -2.12. The molecule has 116 valence electrons. The Bertz CT molecular complexity index is 671. The number of aromatic hydroxyl groups is 1. The van der Waals surface area contributed by atoms with E-state index in [0.717, 1.165) is 5.56 Å². The first-order valence-corrected chi connectivity index (χ1v) is 6.90. The number of phenolic OH excluding ortho intramolecular Hbond substituents is 1. The van der Waals surface area contributed by atoms with Gasteiger partial charge in [-0.2, -0.15) is 0 Å². The maximum atomic E-state index is 12.3. The van der Waals surface area contributed by atoms with Gasteiger partial charge >= 0.3 is 0 Å². The molecule has 1 amide bonds. The predicted octanol–water partition coefficient (Wildman–Crippen LogP) is 2.99. The second kappa shape index (κ2) is 7.04. The molecule has 0 saturated heterocycles. The average molecular weight is 322 g/mol. The van der Waals surface area contributed by atoms with Crippen molar-refractivity contribution in [3.8, 4) is 17.2 Å². The highest BCUT2D eigenvalue weighted by molar-refractivity contribution is 6.30. The van der Waals surface area contributed by atoms with Gasteiger partial charge < -0.3 is 19.9 Å². The van der Waals surface area contributed by atoms with E-state index in [0.29, 0.717) is 17.3 Å². The quantitative estimate of drug-likeness (QED) is 0.888. The molecule has 2 N–H and O–H groups in total. The van der Waals surface area contributed by atoms with Crippen LogP contribution >= 0.6 is 11.6 Å². The summed E-state index contributed by atoms with van der Waals surface area (Å²) in [6.07, 6.45) is 0.